The van der Waals surface area contributed by atoms with Crippen LogP contribution < -0.4 is 20.1 Å². The highest BCUT2D eigenvalue weighted by atomic mass is 19.1. The predicted octanol–water partition coefficient (Wildman–Crippen LogP) is 8.39. The van der Waals surface area contributed by atoms with Crippen molar-refractivity contribution in [3.63, 3.8) is 0 Å². The molecule has 2 aromatic heterocycles. The van der Waals surface area contributed by atoms with Gasteiger partial charge in [-0.25, -0.2) is 4.39 Å². The third kappa shape index (κ3) is 7.57. The molecule has 0 spiro atoms. The van der Waals surface area contributed by atoms with Crippen LogP contribution in [0.5, 0.6) is 11.5 Å². The minimum atomic E-state index is -0.415. The number of nitrogens with one attached hydrogen (secondary N) is 4. The van der Waals surface area contributed by atoms with E-state index in [2.05, 4.69) is 20.6 Å². The summed E-state index contributed by atoms with van der Waals surface area (Å²) in [5.41, 5.74) is 5.49. The first-order valence-electron chi connectivity index (χ1n) is 16.0. The van der Waals surface area contributed by atoms with Crippen LogP contribution in [0.2, 0.25) is 0 Å². The molecule has 9 heteroatoms. The van der Waals surface area contributed by atoms with E-state index in [9.17, 15) is 14.0 Å². The summed E-state index contributed by atoms with van der Waals surface area (Å²) in [6.45, 7) is 4.03. The molecular formula is C40H37FN4O4. The Labute approximate surface area is 284 Å². The van der Waals surface area contributed by atoms with E-state index < -0.39 is 11.7 Å². The molecule has 2 heterocycles. The van der Waals surface area contributed by atoms with Gasteiger partial charge in [-0.05, 0) is 54.3 Å². The number of H-pyrrole nitrogens is 2. The number of aromatic nitrogens is 2. The Balaban J connectivity index is 1.22. The van der Waals surface area contributed by atoms with Crippen LogP contribution in [-0.2, 0) is 6.54 Å². The van der Waals surface area contributed by atoms with Crippen molar-refractivity contribution in [2.45, 2.75) is 32.6 Å². The lowest BCUT2D eigenvalue weighted by molar-refractivity contribution is 0.0935. The van der Waals surface area contributed by atoms with E-state index in [1.165, 1.54) is 6.07 Å². The quantitative estimate of drug-likeness (QED) is 0.106. The minimum absolute atomic E-state index is 0.186. The van der Waals surface area contributed by atoms with Crippen molar-refractivity contribution in [1.29, 1.82) is 0 Å². The molecule has 2 atom stereocenters. The van der Waals surface area contributed by atoms with Crippen LogP contribution in [0.1, 0.15) is 63.7 Å². The number of aromatic amines is 2. The second-order valence-corrected chi connectivity index (χ2v) is 11.6. The third-order valence-corrected chi connectivity index (χ3v) is 8.24. The minimum Gasteiger partial charge on any atom is -0.484 e. The summed E-state index contributed by atoms with van der Waals surface area (Å²) in [5.74, 6) is -0.381. The van der Waals surface area contributed by atoms with Gasteiger partial charge in [-0.2, -0.15) is 0 Å². The first kappa shape index (κ1) is 32.8. The molecular weight excluding hydrogens is 619 g/mol. The molecule has 4 aromatic carbocycles. The van der Waals surface area contributed by atoms with Crippen molar-refractivity contribution in [2.24, 2.45) is 0 Å². The Morgan fingerprint density at radius 2 is 1.22 bits per heavy atom. The number of carbonyl (C=O) groups excluding carboxylic acids is 2. The zero-order valence-electron chi connectivity index (χ0n) is 27.4. The SMILES string of the molecule is CNC(=O)c1[nH]c(-c2cccc(CNC(=O)c3[nH]c(-c4ccccc4F)cc3OC(C)c3ccccc3)c2)cc1OC(C)c1ccccc1. The van der Waals surface area contributed by atoms with Gasteiger partial charge in [0, 0.05) is 37.0 Å². The maximum Gasteiger partial charge on any atom is 0.271 e. The van der Waals surface area contributed by atoms with Crippen LogP contribution in [0.3, 0.4) is 0 Å². The van der Waals surface area contributed by atoms with Gasteiger partial charge in [0.25, 0.3) is 11.8 Å². The fraction of sp³-hybridized carbons (Fsp3) is 0.150. The van der Waals surface area contributed by atoms with Crippen LogP contribution in [0.25, 0.3) is 22.5 Å². The largest absolute Gasteiger partial charge is 0.484 e. The zero-order valence-corrected chi connectivity index (χ0v) is 27.4. The van der Waals surface area contributed by atoms with Gasteiger partial charge in [-0.15, -0.1) is 0 Å². The second kappa shape index (κ2) is 14.8. The highest BCUT2D eigenvalue weighted by molar-refractivity contribution is 5.97. The van der Waals surface area contributed by atoms with Crippen molar-refractivity contribution >= 4 is 11.8 Å². The van der Waals surface area contributed by atoms with Crippen LogP contribution >= 0.6 is 0 Å². The number of hydrogen-bond acceptors (Lipinski definition) is 4. The normalized spacial score (nSPS) is 12.2. The number of hydrogen-bond donors (Lipinski definition) is 4. The van der Waals surface area contributed by atoms with Crippen molar-refractivity contribution in [1.82, 2.24) is 20.6 Å². The summed E-state index contributed by atoms with van der Waals surface area (Å²) in [6, 6.07) is 36.9. The Morgan fingerprint density at radius 1 is 0.673 bits per heavy atom. The number of amides is 2. The topological polar surface area (TPSA) is 108 Å². The summed E-state index contributed by atoms with van der Waals surface area (Å²) < 4.78 is 27.2. The summed E-state index contributed by atoms with van der Waals surface area (Å²) >= 11 is 0. The average Bonchev–Trinajstić information content (AvgIpc) is 3.76. The lowest BCUT2D eigenvalue weighted by Gasteiger charge is -2.15. The molecule has 49 heavy (non-hydrogen) atoms. The molecule has 2 unspecified atom stereocenters. The van der Waals surface area contributed by atoms with Gasteiger partial charge in [-0.3, -0.25) is 9.59 Å². The van der Waals surface area contributed by atoms with Gasteiger partial charge in [0.15, 0.2) is 11.5 Å². The molecule has 0 saturated carbocycles. The fourth-order valence-electron chi connectivity index (χ4n) is 5.58. The molecule has 4 N–H and O–H groups in total. The van der Waals surface area contributed by atoms with Crippen molar-refractivity contribution < 1.29 is 23.5 Å². The maximum atomic E-state index is 14.7. The van der Waals surface area contributed by atoms with Crippen molar-refractivity contribution in [3.05, 3.63) is 155 Å². The van der Waals surface area contributed by atoms with Crippen molar-refractivity contribution in [3.8, 4) is 34.0 Å². The molecule has 0 bridgehead atoms. The summed E-state index contributed by atoms with van der Waals surface area (Å²) in [4.78, 5) is 32.7. The van der Waals surface area contributed by atoms with E-state index in [0.717, 1.165) is 22.3 Å². The molecule has 6 rings (SSSR count). The van der Waals surface area contributed by atoms with Gasteiger partial charge in [0.05, 0.1) is 5.69 Å². The van der Waals surface area contributed by atoms with Gasteiger partial charge in [-0.1, -0.05) is 91.0 Å². The van der Waals surface area contributed by atoms with E-state index in [1.54, 1.807) is 31.3 Å². The molecule has 0 aliphatic carbocycles. The molecule has 248 valence electrons. The molecule has 0 saturated heterocycles. The van der Waals surface area contributed by atoms with E-state index in [-0.39, 0.29) is 30.4 Å². The van der Waals surface area contributed by atoms with Crippen LogP contribution in [-0.4, -0.2) is 28.8 Å². The average molecular weight is 657 g/mol. The van der Waals surface area contributed by atoms with Crippen LogP contribution in [0, 0.1) is 5.82 Å². The molecule has 0 aliphatic heterocycles. The van der Waals surface area contributed by atoms with E-state index in [4.69, 9.17) is 9.47 Å². The Kier molecular flexibility index (Phi) is 9.90. The van der Waals surface area contributed by atoms with Gasteiger partial charge >= 0.3 is 0 Å². The number of carbonyl (C=O) groups is 2. The molecule has 0 radical (unpaired) electrons. The molecule has 0 fully saturated rings. The first-order chi connectivity index (χ1) is 23.8. The van der Waals surface area contributed by atoms with Gasteiger partial charge < -0.3 is 30.1 Å². The highest BCUT2D eigenvalue weighted by Gasteiger charge is 2.22. The fourth-order valence-corrected chi connectivity index (χ4v) is 5.58. The monoisotopic (exact) mass is 656 g/mol. The summed E-state index contributed by atoms with van der Waals surface area (Å²) in [6.07, 6.45) is -0.648. The van der Waals surface area contributed by atoms with Crippen molar-refractivity contribution in [2.75, 3.05) is 7.05 Å². The number of rotatable bonds is 12. The number of ether oxygens (including phenoxy) is 2. The Hall–Kier alpha value is -6.09. The molecule has 0 aliphatic rings. The lowest BCUT2D eigenvalue weighted by Crippen LogP contribution is -2.24. The molecule has 8 nitrogen and oxygen atoms in total. The van der Waals surface area contributed by atoms with Gasteiger partial charge in [0.1, 0.15) is 29.4 Å². The van der Waals surface area contributed by atoms with Gasteiger partial charge in [0.2, 0.25) is 0 Å². The summed E-state index contributed by atoms with van der Waals surface area (Å²) in [7, 11) is 1.57. The highest BCUT2D eigenvalue weighted by Crippen LogP contribution is 2.33. The molecule has 6 aromatic rings. The number of benzene rings is 4. The van der Waals surface area contributed by atoms with E-state index in [1.807, 2.05) is 105 Å². The third-order valence-electron chi connectivity index (χ3n) is 8.24. The summed E-state index contributed by atoms with van der Waals surface area (Å²) in [5, 5.41) is 5.64. The second-order valence-electron chi connectivity index (χ2n) is 11.6. The van der Waals surface area contributed by atoms with E-state index >= 15 is 0 Å². The zero-order chi connectivity index (χ0) is 34.3. The van der Waals surface area contributed by atoms with Crippen LogP contribution in [0.15, 0.2) is 121 Å². The Morgan fingerprint density at radius 3 is 1.84 bits per heavy atom. The standard InChI is InChI=1S/C40H37FN4O4/c1-25(28-14-6-4-7-15-28)48-35-22-33(44-37(35)39(46)42-3)30-18-12-13-27(21-30)24-43-40(47)38-36(49-26(2)29-16-8-5-9-17-29)23-34(45-38)31-19-10-11-20-32(31)41/h4-23,25-26,44-45H,24H2,1-3H3,(H,42,46)(H,43,47). The first-order valence-corrected chi connectivity index (χ1v) is 16.0. The Bertz CT molecular complexity index is 2060. The lowest BCUT2D eigenvalue weighted by atomic mass is 10.1. The number of halogens is 1. The smallest absolute Gasteiger partial charge is 0.271 e. The maximum absolute atomic E-state index is 14.7. The van der Waals surface area contributed by atoms with E-state index in [0.29, 0.717) is 34.1 Å². The van der Waals surface area contributed by atoms with Crippen LogP contribution in [0.4, 0.5) is 4.39 Å². The molecule has 2 amide bonds. The predicted molar refractivity (Wildman–Crippen MR) is 188 cm³/mol.